The molecule has 0 aromatic carbocycles. The van der Waals surface area contributed by atoms with Crippen LogP contribution in [-0.2, 0) is 13.0 Å². The number of fused-ring (bicyclic) bond motifs is 1. The van der Waals surface area contributed by atoms with Gasteiger partial charge in [-0.2, -0.15) is 0 Å². The lowest BCUT2D eigenvalue weighted by Gasteiger charge is -2.33. The maximum atomic E-state index is 12.4. The number of amides is 1. The average molecular weight is 368 g/mol. The average Bonchev–Trinajstić information content (AvgIpc) is 3.32. The Morgan fingerprint density at radius 2 is 2.15 bits per heavy atom. The highest BCUT2D eigenvalue weighted by Crippen LogP contribution is 2.27. The lowest BCUT2D eigenvalue weighted by Crippen LogP contribution is -2.37. The molecule has 8 heteroatoms. The number of hydrogen-bond donors (Lipinski definition) is 1. The van der Waals surface area contributed by atoms with E-state index in [2.05, 4.69) is 42.7 Å². The summed E-state index contributed by atoms with van der Waals surface area (Å²) in [6.45, 7) is 4.22. The van der Waals surface area contributed by atoms with Crippen molar-refractivity contribution in [3.63, 3.8) is 0 Å². The van der Waals surface area contributed by atoms with Crippen molar-refractivity contribution in [2.24, 2.45) is 0 Å². The Bertz CT molecular complexity index is 876. The van der Waals surface area contributed by atoms with E-state index in [4.69, 9.17) is 0 Å². The lowest BCUT2D eigenvalue weighted by molar-refractivity contribution is 0.0949. The van der Waals surface area contributed by atoms with Crippen molar-refractivity contribution < 1.29 is 4.79 Å². The quantitative estimate of drug-likeness (QED) is 0.748. The summed E-state index contributed by atoms with van der Waals surface area (Å²) in [6.07, 6.45) is 6.16. The van der Waals surface area contributed by atoms with E-state index in [1.807, 2.05) is 17.6 Å². The zero-order valence-corrected chi connectivity index (χ0v) is 15.3. The van der Waals surface area contributed by atoms with Crippen LogP contribution in [-0.4, -0.2) is 38.5 Å². The molecule has 1 N–H and O–H groups in total. The molecule has 26 heavy (non-hydrogen) atoms. The van der Waals surface area contributed by atoms with Gasteiger partial charge in [-0.1, -0.05) is 6.07 Å². The van der Waals surface area contributed by atoms with Gasteiger partial charge in [0.15, 0.2) is 0 Å². The molecule has 7 nitrogen and oxygen atoms in total. The molecule has 1 amide bonds. The lowest BCUT2D eigenvalue weighted by atomic mass is 10.2. The minimum absolute atomic E-state index is 0.0128. The second kappa shape index (κ2) is 7.25. The van der Waals surface area contributed by atoms with Crippen molar-refractivity contribution in [1.82, 2.24) is 24.8 Å². The van der Waals surface area contributed by atoms with Crippen molar-refractivity contribution in [3.05, 3.63) is 58.6 Å². The molecule has 0 aliphatic carbocycles. The highest BCUT2D eigenvalue weighted by Gasteiger charge is 2.28. The Kier molecular flexibility index (Phi) is 4.66. The Labute approximate surface area is 155 Å². The van der Waals surface area contributed by atoms with Crippen LogP contribution in [0.1, 0.15) is 34.2 Å². The first kappa shape index (κ1) is 16.7. The summed E-state index contributed by atoms with van der Waals surface area (Å²) in [7, 11) is 0. The molecule has 4 heterocycles. The predicted molar refractivity (Wildman–Crippen MR) is 100 cm³/mol. The van der Waals surface area contributed by atoms with Crippen LogP contribution in [0.2, 0.25) is 0 Å². The van der Waals surface area contributed by atoms with E-state index < -0.39 is 0 Å². The van der Waals surface area contributed by atoms with Gasteiger partial charge in [-0.25, -0.2) is 15.0 Å². The first-order valence-electron chi connectivity index (χ1n) is 8.63. The number of hydrogen-bond acceptors (Lipinski definition) is 6. The highest BCUT2D eigenvalue weighted by atomic mass is 32.1. The van der Waals surface area contributed by atoms with Gasteiger partial charge in [0.2, 0.25) is 5.95 Å². The van der Waals surface area contributed by atoms with Crippen LogP contribution in [0, 0.1) is 0 Å². The van der Waals surface area contributed by atoms with Crippen LogP contribution in [0.3, 0.4) is 0 Å². The normalized spacial score (nSPS) is 16.3. The number of carbonyl (C=O) groups excluding carboxylic acids is 1. The molecular formula is C18H20N6OS. The largest absolute Gasteiger partial charge is 0.350 e. The molecule has 0 saturated heterocycles. The molecule has 1 aliphatic rings. The Morgan fingerprint density at radius 3 is 2.92 bits per heavy atom. The number of rotatable bonds is 5. The van der Waals surface area contributed by atoms with Gasteiger partial charge in [-0.05, 0) is 30.9 Å². The van der Waals surface area contributed by atoms with Crippen molar-refractivity contribution in [2.45, 2.75) is 25.9 Å². The summed E-state index contributed by atoms with van der Waals surface area (Å²) in [4.78, 5) is 29.0. The van der Waals surface area contributed by atoms with E-state index in [0.717, 1.165) is 25.3 Å². The second-order valence-corrected chi connectivity index (χ2v) is 7.21. The number of imidazole rings is 1. The van der Waals surface area contributed by atoms with Gasteiger partial charge in [0.05, 0.1) is 6.04 Å². The van der Waals surface area contributed by atoms with E-state index in [1.54, 1.807) is 29.8 Å². The third kappa shape index (κ3) is 3.32. The Morgan fingerprint density at radius 1 is 1.31 bits per heavy atom. The summed E-state index contributed by atoms with van der Waals surface area (Å²) >= 11 is 1.70. The van der Waals surface area contributed by atoms with Crippen LogP contribution < -0.4 is 10.2 Å². The number of aromatic nitrogens is 4. The molecule has 1 atom stereocenters. The van der Waals surface area contributed by atoms with E-state index in [0.29, 0.717) is 18.2 Å². The van der Waals surface area contributed by atoms with E-state index >= 15 is 0 Å². The summed E-state index contributed by atoms with van der Waals surface area (Å²) < 4.78 is 2.05. The van der Waals surface area contributed by atoms with Crippen molar-refractivity contribution in [1.29, 1.82) is 0 Å². The molecule has 0 spiro atoms. The van der Waals surface area contributed by atoms with Gasteiger partial charge in [0.25, 0.3) is 5.91 Å². The van der Waals surface area contributed by atoms with Crippen molar-refractivity contribution in [3.8, 4) is 0 Å². The third-order valence-corrected chi connectivity index (χ3v) is 5.45. The van der Waals surface area contributed by atoms with Gasteiger partial charge >= 0.3 is 0 Å². The van der Waals surface area contributed by atoms with Crippen LogP contribution in [0.5, 0.6) is 0 Å². The summed E-state index contributed by atoms with van der Waals surface area (Å²) in [6, 6.07) is 5.92. The first-order chi connectivity index (χ1) is 12.7. The molecule has 4 rings (SSSR count). The Balaban J connectivity index is 1.44. The van der Waals surface area contributed by atoms with E-state index in [1.165, 1.54) is 4.88 Å². The smallest absolute Gasteiger partial charge is 0.271 e. The monoisotopic (exact) mass is 368 g/mol. The van der Waals surface area contributed by atoms with Gasteiger partial charge in [-0.3, -0.25) is 4.79 Å². The first-order valence-corrected chi connectivity index (χ1v) is 9.51. The number of anilines is 1. The summed E-state index contributed by atoms with van der Waals surface area (Å²) in [5, 5.41) is 5.00. The molecular weight excluding hydrogens is 348 g/mol. The van der Waals surface area contributed by atoms with E-state index in [-0.39, 0.29) is 11.9 Å². The molecule has 3 aromatic heterocycles. The SMILES string of the molecule is C[C@@H]1c2nc(C(=O)NCCc3cccs3)cn2CCN1c1ncccn1. The number of carbonyl (C=O) groups is 1. The van der Waals surface area contributed by atoms with Crippen molar-refractivity contribution in [2.75, 3.05) is 18.0 Å². The van der Waals surface area contributed by atoms with Crippen LogP contribution >= 0.6 is 11.3 Å². The third-order valence-electron chi connectivity index (χ3n) is 4.51. The van der Waals surface area contributed by atoms with Gasteiger partial charge in [0.1, 0.15) is 11.5 Å². The topological polar surface area (TPSA) is 75.9 Å². The molecule has 3 aromatic rings. The molecule has 0 bridgehead atoms. The fraction of sp³-hybridized carbons (Fsp3) is 0.333. The zero-order valence-electron chi connectivity index (χ0n) is 14.5. The summed E-state index contributed by atoms with van der Waals surface area (Å²) in [5.74, 6) is 1.43. The molecule has 0 unspecified atom stereocenters. The Hall–Kier alpha value is -2.74. The van der Waals surface area contributed by atoms with Crippen molar-refractivity contribution >= 4 is 23.2 Å². The fourth-order valence-electron chi connectivity index (χ4n) is 3.16. The highest BCUT2D eigenvalue weighted by molar-refractivity contribution is 7.09. The second-order valence-electron chi connectivity index (χ2n) is 6.18. The molecule has 1 aliphatic heterocycles. The van der Waals surface area contributed by atoms with E-state index in [9.17, 15) is 4.79 Å². The molecule has 134 valence electrons. The van der Waals surface area contributed by atoms with Crippen LogP contribution in [0.4, 0.5) is 5.95 Å². The number of nitrogens with zero attached hydrogens (tertiary/aromatic N) is 5. The number of thiophene rings is 1. The predicted octanol–water partition coefficient (Wildman–Crippen LogP) is 2.29. The minimum Gasteiger partial charge on any atom is -0.350 e. The molecule has 0 saturated carbocycles. The minimum atomic E-state index is -0.127. The standard InChI is InChI=1S/C18H20N6OS/c1-13-16-22-15(17(25)19-8-5-14-4-2-11-26-14)12-23(16)9-10-24(13)18-20-6-3-7-21-18/h2-4,6-7,11-13H,5,8-10H2,1H3,(H,19,25)/t13-/m1/s1. The maximum absolute atomic E-state index is 12.4. The van der Waals surface area contributed by atoms with Crippen LogP contribution in [0.25, 0.3) is 0 Å². The molecule has 0 fully saturated rings. The number of nitrogens with one attached hydrogen (secondary N) is 1. The zero-order chi connectivity index (χ0) is 17.9. The fourth-order valence-corrected chi connectivity index (χ4v) is 3.87. The van der Waals surface area contributed by atoms with Gasteiger partial charge in [0, 0.05) is 43.1 Å². The summed E-state index contributed by atoms with van der Waals surface area (Å²) in [5.41, 5.74) is 0.467. The van der Waals surface area contributed by atoms with Gasteiger partial charge in [-0.15, -0.1) is 11.3 Å². The maximum Gasteiger partial charge on any atom is 0.271 e. The van der Waals surface area contributed by atoms with Gasteiger partial charge < -0.3 is 14.8 Å². The van der Waals surface area contributed by atoms with Crippen LogP contribution in [0.15, 0.2) is 42.2 Å². The molecule has 0 radical (unpaired) electrons.